The molecule has 1 saturated heterocycles. The highest BCUT2D eigenvalue weighted by atomic mass is 35.5. The van der Waals surface area contributed by atoms with E-state index in [4.69, 9.17) is 11.6 Å². The number of nitrogens with one attached hydrogen (secondary N) is 2. The summed E-state index contributed by atoms with van der Waals surface area (Å²) in [5.41, 5.74) is 0. The van der Waals surface area contributed by atoms with Crippen LogP contribution >= 0.6 is 23.4 Å². The average Bonchev–Trinajstić information content (AvgIpc) is 2.37. The van der Waals surface area contributed by atoms with E-state index < -0.39 is 0 Å². The molecule has 2 heterocycles. The van der Waals surface area contributed by atoms with E-state index in [1.165, 1.54) is 24.6 Å². The quantitative estimate of drug-likeness (QED) is 0.500. The Morgan fingerprint density at radius 2 is 2.47 bits per heavy atom. The van der Waals surface area contributed by atoms with Gasteiger partial charge in [-0.2, -0.15) is 0 Å². The smallest absolute Gasteiger partial charge is 0.190 e. The number of piperidine rings is 1. The number of aromatic nitrogens is 2. The molecule has 0 spiro atoms. The van der Waals surface area contributed by atoms with E-state index in [-0.39, 0.29) is 0 Å². The zero-order chi connectivity index (χ0) is 12.1. The number of thioether (sulfide) groups is 1. The lowest BCUT2D eigenvalue weighted by Crippen LogP contribution is -2.33. The average molecular weight is 273 g/mol. The SMILES string of the molecule is CSc1nc(Cl)cc(NCC2CCCNC2)n1. The molecule has 0 bridgehead atoms. The Kier molecular flexibility index (Phi) is 4.88. The standard InChI is InChI=1S/C11H17ClN4S/c1-17-11-15-9(12)5-10(16-11)14-7-8-3-2-4-13-6-8/h5,8,13H,2-4,6-7H2,1H3,(H,14,15,16). The summed E-state index contributed by atoms with van der Waals surface area (Å²) in [6, 6.07) is 1.78. The molecule has 1 aromatic heterocycles. The van der Waals surface area contributed by atoms with Gasteiger partial charge in [-0.3, -0.25) is 0 Å². The second-order valence-corrected chi connectivity index (χ2v) is 5.32. The predicted octanol–water partition coefficient (Wildman–Crippen LogP) is 2.26. The van der Waals surface area contributed by atoms with Crippen molar-refractivity contribution in [2.24, 2.45) is 5.92 Å². The van der Waals surface area contributed by atoms with Gasteiger partial charge in [-0.15, -0.1) is 0 Å². The second kappa shape index (κ2) is 6.42. The Morgan fingerprint density at radius 3 is 3.18 bits per heavy atom. The Balaban J connectivity index is 1.91. The maximum absolute atomic E-state index is 5.93. The molecule has 1 fully saturated rings. The third kappa shape index (κ3) is 4.01. The molecular weight excluding hydrogens is 256 g/mol. The number of rotatable bonds is 4. The molecule has 4 nitrogen and oxygen atoms in total. The minimum atomic E-state index is 0.494. The normalized spacial score (nSPS) is 20.2. The van der Waals surface area contributed by atoms with Crippen molar-refractivity contribution in [2.45, 2.75) is 18.0 Å². The summed E-state index contributed by atoms with van der Waals surface area (Å²) < 4.78 is 0. The van der Waals surface area contributed by atoms with Crippen LogP contribution in [0.25, 0.3) is 0 Å². The first-order valence-corrected chi connectivity index (χ1v) is 7.41. The zero-order valence-corrected chi connectivity index (χ0v) is 11.4. The van der Waals surface area contributed by atoms with Crippen LogP contribution in [0.3, 0.4) is 0 Å². The molecule has 1 atom stereocenters. The number of nitrogens with zero attached hydrogens (tertiary/aromatic N) is 2. The molecule has 0 aliphatic carbocycles. The third-order valence-corrected chi connectivity index (χ3v) is 3.57. The highest BCUT2D eigenvalue weighted by Crippen LogP contribution is 2.18. The van der Waals surface area contributed by atoms with Crippen LogP contribution in [0.4, 0.5) is 5.82 Å². The summed E-state index contributed by atoms with van der Waals surface area (Å²) in [5, 5.41) is 7.95. The molecule has 94 valence electrons. The summed E-state index contributed by atoms with van der Waals surface area (Å²) in [6.07, 6.45) is 4.47. The first-order chi connectivity index (χ1) is 8.28. The highest BCUT2D eigenvalue weighted by molar-refractivity contribution is 7.98. The van der Waals surface area contributed by atoms with E-state index >= 15 is 0 Å². The van der Waals surface area contributed by atoms with Gasteiger partial charge in [0, 0.05) is 12.6 Å². The Morgan fingerprint density at radius 1 is 1.59 bits per heavy atom. The van der Waals surface area contributed by atoms with Crippen molar-refractivity contribution in [2.75, 3.05) is 31.2 Å². The lowest BCUT2D eigenvalue weighted by atomic mass is 10.00. The van der Waals surface area contributed by atoms with Gasteiger partial charge in [-0.05, 0) is 38.1 Å². The van der Waals surface area contributed by atoms with E-state index in [0.717, 1.165) is 25.5 Å². The molecule has 1 aromatic rings. The van der Waals surface area contributed by atoms with Crippen molar-refractivity contribution < 1.29 is 0 Å². The number of anilines is 1. The van der Waals surface area contributed by atoms with Crippen LogP contribution < -0.4 is 10.6 Å². The molecule has 17 heavy (non-hydrogen) atoms. The maximum Gasteiger partial charge on any atom is 0.190 e. The molecular formula is C11H17ClN4S. The van der Waals surface area contributed by atoms with Gasteiger partial charge in [0.1, 0.15) is 11.0 Å². The van der Waals surface area contributed by atoms with Crippen molar-refractivity contribution in [1.29, 1.82) is 0 Å². The van der Waals surface area contributed by atoms with Crippen LogP contribution in [0.1, 0.15) is 12.8 Å². The first-order valence-electron chi connectivity index (χ1n) is 5.81. The van der Waals surface area contributed by atoms with Crippen LogP contribution in [0.2, 0.25) is 5.15 Å². The number of halogens is 1. The van der Waals surface area contributed by atoms with Crippen LogP contribution in [-0.2, 0) is 0 Å². The van der Waals surface area contributed by atoms with Crippen LogP contribution in [0.15, 0.2) is 11.2 Å². The van der Waals surface area contributed by atoms with Crippen molar-refractivity contribution in [3.63, 3.8) is 0 Å². The summed E-state index contributed by atoms with van der Waals surface area (Å²) in [5.74, 6) is 1.50. The van der Waals surface area contributed by atoms with Gasteiger partial charge in [0.25, 0.3) is 0 Å². The molecule has 0 radical (unpaired) electrons. The molecule has 2 N–H and O–H groups in total. The lowest BCUT2D eigenvalue weighted by Gasteiger charge is -2.23. The molecule has 2 rings (SSSR count). The number of hydrogen-bond donors (Lipinski definition) is 2. The zero-order valence-electron chi connectivity index (χ0n) is 9.87. The van der Waals surface area contributed by atoms with Crippen molar-refractivity contribution in [3.8, 4) is 0 Å². The van der Waals surface area contributed by atoms with Gasteiger partial charge in [0.2, 0.25) is 0 Å². The van der Waals surface area contributed by atoms with Gasteiger partial charge >= 0.3 is 0 Å². The van der Waals surface area contributed by atoms with E-state index in [1.807, 2.05) is 6.26 Å². The highest BCUT2D eigenvalue weighted by Gasteiger charge is 2.13. The van der Waals surface area contributed by atoms with E-state index in [9.17, 15) is 0 Å². The topological polar surface area (TPSA) is 49.8 Å². The predicted molar refractivity (Wildman–Crippen MR) is 72.9 cm³/mol. The Hall–Kier alpha value is -0.520. The minimum absolute atomic E-state index is 0.494. The van der Waals surface area contributed by atoms with Gasteiger partial charge in [0.05, 0.1) is 0 Å². The molecule has 6 heteroatoms. The Labute approximate surface area is 111 Å². The molecule has 0 amide bonds. The minimum Gasteiger partial charge on any atom is -0.370 e. The largest absolute Gasteiger partial charge is 0.370 e. The molecule has 1 aliphatic rings. The molecule has 0 aromatic carbocycles. The summed E-state index contributed by atoms with van der Waals surface area (Å²) in [6.45, 7) is 3.17. The van der Waals surface area contributed by atoms with Crippen LogP contribution in [0, 0.1) is 5.92 Å². The maximum atomic E-state index is 5.93. The van der Waals surface area contributed by atoms with Crippen LogP contribution in [-0.4, -0.2) is 35.9 Å². The van der Waals surface area contributed by atoms with Crippen molar-refractivity contribution >= 4 is 29.2 Å². The Bertz CT molecular complexity index is 368. The fraction of sp³-hybridized carbons (Fsp3) is 0.636. The summed E-state index contributed by atoms with van der Waals surface area (Å²) in [4.78, 5) is 8.48. The van der Waals surface area contributed by atoms with E-state index in [1.54, 1.807) is 6.07 Å². The fourth-order valence-electron chi connectivity index (χ4n) is 1.93. The van der Waals surface area contributed by atoms with E-state index in [2.05, 4.69) is 20.6 Å². The van der Waals surface area contributed by atoms with Gasteiger partial charge in [0.15, 0.2) is 5.16 Å². The van der Waals surface area contributed by atoms with Crippen molar-refractivity contribution in [1.82, 2.24) is 15.3 Å². The van der Waals surface area contributed by atoms with Gasteiger partial charge in [-0.25, -0.2) is 9.97 Å². The van der Waals surface area contributed by atoms with Gasteiger partial charge < -0.3 is 10.6 Å². The van der Waals surface area contributed by atoms with Crippen LogP contribution in [0.5, 0.6) is 0 Å². The van der Waals surface area contributed by atoms with E-state index in [0.29, 0.717) is 16.2 Å². The monoisotopic (exact) mass is 272 g/mol. The fourth-order valence-corrected chi connectivity index (χ4v) is 2.54. The molecule has 1 unspecified atom stereocenters. The summed E-state index contributed by atoms with van der Waals surface area (Å²) in [7, 11) is 0. The first kappa shape index (κ1) is 12.9. The van der Waals surface area contributed by atoms with Gasteiger partial charge in [-0.1, -0.05) is 23.4 Å². The third-order valence-electron chi connectivity index (χ3n) is 2.83. The molecule has 1 aliphatic heterocycles. The number of hydrogen-bond acceptors (Lipinski definition) is 5. The molecule has 0 saturated carbocycles. The second-order valence-electron chi connectivity index (χ2n) is 4.16. The van der Waals surface area contributed by atoms with Crippen molar-refractivity contribution in [3.05, 3.63) is 11.2 Å². The lowest BCUT2D eigenvalue weighted by molar-refractivity contribution is 0.392. The summed E-state index contributed by atoms with van der Waals surface area (Å²) >= 11 is 7.43.